The van der Waals surface area contributed by atoms with Gasteiger partial charge in [-0.05, 0) is 67.4 Å². The number of carbonyl (C=O) groups excluding carboxylic acids is 2. The minimum Gasteiger partial charge on any atom is -0.459 e. The molecule has 0 heterocycles. The normalized spacial score (nSPS) is 29.6. The van der Waals surface area contributed by atoms with Crippen LogP contribution in [0.25, 0.3) is 0 Å². The second kappa shape index (κ2) is 9.01. The molecule has 31 heavy (non-hydrogen) atoms. The number of carbonyl (C=O) groups is 2. The number of esters is 2. The van der Waals surface area contributed by atoms with Crippen LogP contribution in [0.2, 0.25) is 0 Å². The van der Waals surface area contributed by atoms with Crippen molar-refractivity contribution in [2.45, 2.75) is 83.7 Å². The van der Waals surface area contributed by atoms with Crippen molar-refractivity contribution in [1.82, 2.24) is 0 Å². The summed E-state index contributed by atoms with van der Waals surface area (Å²) in [6, 6.07) is 6.74. The zero-order valence-corrected chi connectivity index (χ0v) is 20.2. The van der Waals surface area contributed by atoms with Crippen molar-refractivity contribution >= 4 is 24.6 Å². The molecule has 0 N–H and O–H groups in total. The average Bonchev–Trinajstić information content (AvgIpc) is 2.65. The summed E-state index contributed by atoms with van der Waals surface area (Å²) in [7, 11) is 0. The Labute approximate surface area is 192 Å². The molecule has 5 heteroatoms. The lowest BCUT2D eigenvalue weighted by Crippen LogP contribution is -2.38. The summed E-state index contributed by atoms with van der Waals surface area (Å²) < 4.78 is 11.7. The van der Waals surface area contributed by atoms with Gasteiger partial charge in [0.2, 0.25) is 0 Å². The topological polar surface area (TPSA) is 52.6 Å². The molecular weight excluding hydrogens is 408 g/mol. The second-order valence-electron chi connectivity index (χ2n) is 10.9. The zero-order chi connectivity index (χ0) is 22.9. The van der Waals surface area contributed by atoms with Gasteiger partial charge in [-0.3, -0.25) is 0 Å². The molecule has 170 valence electrons. The molecule has 2 saturated carbocycles. The van der Waals surface area contributed by atoms with E-state index in [1.165, 1.54) is 0 Å². The van der Waals surface area contributed by atoms with Crippen LogP contribution < -0.4 is 0 Å². The molecule has 0 aromatic heterocycles. The van der Waals surface area contributed by atoms with Crippen LogP contribution in [-0.2, 0) is 9.47 Å². The summed E-state index contributed by atoms with van der Waals surface area (Å²) in [6.45, 7) is 12.6. The largest absolute Gasteiger partial charge is 0.459 e. The van der Waals surface area contributed by atoms with Crippen LogP contribution in [0.3, 0.4) is 0 Å². The van der Waals surface area contributed by atoms with Gasteiger partial charge in [-0.1, -0.05) is 45.9 Å². The van der Waals surface area contributed by atoms with E-state index in [1.54, 1.807) is 24.3 Å². The first kappa shape index (κ1) is 23.9. The Kier molecular flexibility index (Phi) is 6.95. The maximum absolute atomic E-state index is 13.1. The molecule has 0 spiro atoms. The fourth-order valence-corrected chi connectivity index (χ4v) is 5.99. The van der Waals surface area contributed by atoms with Gasteiger partial charge in [-0.25, -0.2) is 9.59 Å². The van der Waals surface area contributed by atoms with Crippen LogP contribution >= 0.6 is 12.6 Å². The first-order valence-electron chi connectivity index (χ1n) is 11.3. The van der Waals surface area contributed by atoms with E-state index in [4.69, 9.17) is 22.1 Å². The van der Waals surface area contributed by atoms with Crippen molar-refractivity contribution in [2.24, 2.45) is 16.7 Å². The number of ether oxygens (including phenoxy) is 2. The third-order valence-corrected chi connectivity index (χ3v) is 7.07. The lowest BCUT2D eigenvalue weighted by molar-refractivity contribution is -0.0132. The zero-order valence-electron chi connectivity index (χ0n) is 19.3. The van der Waals surface area contributed by atoms with Gasteiger partial charge >= 0.3 is 11.9 Å². The molecule has 0 unspecified atom stereocenters. The molecule has 3 rings (SSSR count). The minimum absolute atomic E-state index is 0.0637. The van der Waals surface area contributed by atoms with Crippen molar-refractivity contribution < 1.29 is 19.1 Å². The molecule has 0 radical (unpaired) electrons. The summed E-state index contributed by atoms with van der Waals surface area (Å²) in [4.78, 5) is 25.3. The number of hydrogen-bond acceptors (Lipinski definition) is 5. The maximum Gasteiger partial charge on any atom is 0.340 e. The van der Waals surface area contributed by atoms with E-state index < -0.39 is 16.9 Å². The Morgan fingerprint density at radius 2 is 1.68 bits per heavy atom. The van der Waals surface area contributed by atoms with Gasteiger partial charge in [0, 0.05) is 6.42 Å². The fraction of sp³-hybridized carbons (Fsp3) is 0.615. The quantitative estimate of drug-likeness (QED) is 0.240. The first-order chi connectivity index (χ1) is 14.4. The van der Waals surface area contributed by atoms with Crippen LogP contribution in [0, 0.1) is 16.7 Å². The Bertz CT molecular complexity index is 844. The van der Waals surface area contributed by atoms with Gasteiger partial charge < -0.3 is 9.47 Å². The highest BCUT2D eigenvalue weighted by molar-refractivity contribution is 7.81. The molecule has 1 aromatic rings. The monoisotopic (exact) mass is 444 g/mol. The number of rotatable bonds is 5. The Hall–Kier alpha value is -1.75. The van der Waals surface area contributed by atoms with Crippen LogP contribution in [0.1, 0.15) is 93.4 Å². The van der Waals surface area contributed by atoms with Crippen molar-refractivity contribution in [2.75, 3.05) is 0 Å². The molecule has 0 saturated heterocycles. The van der Waals surface area contributed by atoms with Gasteiger partial charge in [-0.15, -0.1) is 19.2 Å². The highest BCUT2D eigenvalue weighted by Gasteiger charge is 2.41. The van der Waals surface area contributed by atoms with E-state index in [1.807, 2.05) is 6.08 Å². The summed E-state index contributed by atoms with van der Waals surface area (Å²) in [5.74, 6) is -0.677. The van der Waals surface area contributed by atoms with Gasteiger partial charge in [0.05, 0.1) is 11.1 Å². The minimum atomic E-state index is -0.819. The molecule has 2 aliphatic carbocycles. The first-order valence-corrected chi connectivity index (χ1v) is 11.8. The maximum atomic E-state index is 13.1. The van der Waals surface area contributed by atoms with Gasteiger partial charge in [-0.2, -0.15) is 0 Å². The summed E-state index contributed by atoms with van der Waals surface area (Å²) in [5, 5.41) is 0. The van der Waals surface area contributed by atoms with Crippen molar-refractivity contribution in [3.8, 4) is 0 Å². The fourth-order valence-electron chi connectivity index (χ4n) is 5.32. The molecule has 1 aromatic carbocycles. The number of allylic oxidation sites excluding steroid dienone is 1. The van der Waals surface area contributed by atoms with Gasteiger partial charge in [0.1, 0.15) is 6.10 Å². The predicted octanol–water partition coefficient (Wildman–Crippen LogP) is 6.61. The van der Waals surface area contributed by atoms with Crippen LogP contribution in [0.15, 0.2) is 36.9 Å². The molecule has 0 aliphatic heterocycles. The van der Waals surface area contributed by atoms with Crippen molar-refractivity contribution in [1.29, 1.82) is 0 Å². The smallest absolute Gasteiger partial charge is 0.340 e. The van der Waals surface area contributed by atoms with E-state index >= 15 is 0 Å². The molecule has 2 fully saturated rings. The lowest BCUT2D eigenvalue weighted by atomic mass is 9.71. The number of benzene rings is 1. The van der Waals surface area contributed by atoms with E-state index in [9.17, 15) is 9.59 Å². The lowest BCUT2D eigenvalue weighted by Gasteiger charge is -2.41. The van der Waals surface area contributed by atoms with E-state index in [0.29, 0.717) is 18.8 Å². The SMILES string of the molecule is C=C[C@@H]1C[C@H](OC(=O)c2ccccc2C(=O)O[C@]2(S)CCCC(C)(C)C2)CC(C)(C)C1. The molecular formula is C26H36O4S. The molecule has 4 nitrogen and oxygen atoms in total. The molecule has 0 bridgehead atoms. The van der Waals surface area contributed by atoms with Crippen LogP contribution in [0.5, 0.6) is 0 Å². The molecule has 3 atom stereocenters. The standard InChI is InChI=1S/C26H36O4S/c1-6-18-14-19(16-25(4,5)15-18)29-22(27)20-10-7-8-11-21(20)23(28)30-26(31)13-9-12-24(2,3)17-26/h6-8,10-11,18-19,31H,1,9,12-17H2,2-5H3/t18-,19+,26+/m1/s1. The van der Waals surface area contributed by atoms with Crippen molar-refractivity contribution in [3.05, 3.63) is 48.0 Å². The Balaban J connectivity index is 1.74. The average molecular weight is 445 g/mol. The predicted molar refractivity (Wildman–Crippen MR) is 126 cm³/mol. The molecule has 0 amide bonds. The van der Waals surface area contributed by atoms with Gasteiger partial charge in [0.15, 0.2) is 4.93 Å². The van der Waals surface area contributed by atoms with Crippen LogP contribution in [-0.4, -0.2) is 23.0 Å². The number of thiol groups is 1. The summed E-state index contributed by atoms with van der Waals surface area (Å²) >= 11 is 4.72. The third kappa shape index (κ3) is 6.15. The highest BCUT2D eigenvalue weighted by atomic mass is 32.1. The van der Waals surface area contributed by atoms with Crippen LogP contribution in [0.4, 0.5) is 0 Å². The van der Waals surface area contributed by atoms with E-state index in [0.717, 1.165) is 32.1 Å². The summed E-state index contributed by atoms with van der Waals surface area (Å²) in [6.07, 6.45) is 7.77. The summed E-state index contributed by atoms with van der Waals surface area (Å²) in [5.41, 5.74) is 0.624. The molecule has 2 aliphatic rings. The van der Waals surface area contributed by atoms with Gasteiger partial charge in [0.25, 0.3) is 0 Å². The second-order valence-corrected chi connectivity index (χ2v) is 11.7. The highest BCUT2D eigenvalue weighted by Crippen LogP contribution is 2.45. The number of hydrogen-bond donors (Lipinski definition) is 1. The van der Waals surface area contributed by atoms with Crippen molar-refractivity contribution in [3.63, 3.8) is 0 Å². The van der Waals surface area contributed by atoms with E-state index in [-0.39, 0.29) is 28.1 Å². The van der Waals surface area contributed by atoms with E-state index in [2.05, 4.69) is 34.3 Å². The Morgan fingerprint density at radius 1 is 1.03 bits per heavy atom. The Morgan fingerprint density at radius 3 is 2.29 bits per heavy atom. The third-order valence-electron chi connectivity index (χ3n) is 6.59.